The van der Waals surface area contributed by atoms with E-state index in [1.54, 1.807) is 28.6 Å². The highest BCUT2D eigenvalue weighted by Crippen LogP contribution is 2.32. The first-order valence-corrected chi connectivity index (χ1v) is 10.4. The highest BCUT2D eigenvalue weighted by atomic mass is 32.2. The van der Waals surface area contributed by atoms with Gasteiger partial charge >= 0.3 is 5.91 Å². The number of carbonyl (C=O) groups excluding carboxylic acids is 1. The van der Waals surface area contributed by atoms with Gasteiger partial charge in [0, 0.05) is 21.2 Å². The van der Waals surface area contributed by atoms with Crippen molar-refractivity contribution in [2.45, 2.75) is 37.5 Å². The lowest BCUT2D eigenvalue weighted by molar-refractivity contribution is -0.119. The van der Waals surface area contributed by atoms with Crippen molar-refractivity contribution in [3.63, 3.8) is 0 Å². The molecule has 6 nitrogen and oxygen atoms in total. The molecule has 0 saturated carbocycles. The van der Waals surface area contributed by atoms with Gasteiger partial charge in [-0.25, -0.2) is 4.39 Å². The maximum Gasteiger partial charge on any atom is 0.323 e. The Balaban J connectivity index is 1.80. The molecule has 1 heterocycles. The third-order valence-electron chi connectivity index (χ3n) is 4.59. The van der Waals surface area contributed by atoms with Gasteiger partial charge < -0.3 is 4.74 Å². The molecule has 0 aliphatic carbocycles. The Labute approximate surface area is 178 Å². The number of halogens is 1. The minimum absolute atomic E-state index is 0.0598. The van der Waals surface area contributed by atoms with Gasteiger partial charge in [-0.3, -0.25) is 9.48 Å². The zero-order valence-corrected chi connectivity index (χ0v) is 17.8. The van der Waals surface area contributed by atoms with Gasteiger partial charge in [-0.1, -0.05) is 24.3 Å². The average molecular weight is 428 g/mol. The van der Waals surface area contributed by atoms with Crippen LogP contribution < -0.4 is 4.74 Å². The largest absolute Gasteiger partial charge is 0.483 e. The fourth-order valence-corrected chi connectivity index (χ4v) is 4.11. The Bertz CT molecular complexity index is 1110. The van der Waals surface area contributed by atoms with Crippen molar-refractivity contribution < 1.29 is 13.9 Å². The van der Waals surface area contributed by atoms with E-state index in [0.29, 0.717) is 17.0 Å². The van der Waals surface area contributed by atoms with E-state index in [4.69, 9.17) is 4.74 Å². The highest BCUT2D eigenvalue weighted by Gasteiger charge is 2.17. The summed E-state index contributed by atoms with van der Waals surface area (Å²) in [7, 11) is 0. The van der Waals surface area contributed by atoms with Crippen LogP contribution in [-0.2, 0) is 10.5 Å². The molecule has 0 radical (unpaired) electrons. The Kier molecular flexibility index (Phi) is 6.99. The topological polar surface area (TPSA) is 73.6 Å². The molecule has 0 N–H and O–H groups in total. The fourth-order valence-electron chi connectivity index (χ4n) is 3.17. The summed E-state index contributed by atoms with van der Waals surface area (Å²) in [6.45, 7) is 5.38. The number of benzene rings is 2. The van der Waals surface area contributed by atoms with E-state index in [-0.39, 0.29) is 18.5 Å². The molecule has 30 heavy (non-hydrogen) atoms. The Morgan fingerprint density at radius 3 is 2.87 bits per heavy atom. The Morgan fingerprint density at radius 1 is 1.37 bits per heavy atom. The molecule has 0 aliphatic heterocycles. The van der Waals surface area contributed by atoms with Crippen molar-refractivity contribution in [1.82, 2.24) is 9.78 Å². The van der Waals surface area contributed by atoms with Gasteiger partial charge in [-0.15, -0.1) is 16.7 Å². The van der Waals surface area contributed by atoms with Crippen LogP contribution in [0.3, 0.4) is 0 Å². The quantitative estimate of drug-likeness (QED) is 0.266. The zero-order chi connectivity index (χ0) is 21.7. The number of aromatic nitrogens is 2. The number of para-hydroxylation sites is 1. The third-order valence-corrected chi connectivity index (χ3v) is 5.59. The van der Waals surface area contributed by atoms with E-state index >= 15 is 0 Å². The Hall–Kier alpha value is -3.00. The standard InChI is InChI=1S/C22H22FN3O3S/c1-4-6-15(3)26-22-17(7-5-8-18(22)23)19(24-26)13-30-16-9-10-20(14(2)11-16)29-12-21(27)25-28/h4-11,15H,12-13H2,1-3H3/b6-4-. The molecule has 1 amide bonds. The first kappa shape index (κ1) is 21.7. The third kappa shape index (κ3) is 4.76. The molecule has 1 atom stereocenters. The van der Waals surface area contributed by atoms with Gasteiger partial charge in [0.2, 0.25) is 0 Å². The summed E-state index contributed by atoms with van der Waals surface area (Å²) in [6.07, 6.45) is 3.90. The van der Waals surface area contributed by atoms with Crippen molar-refractivity contribution >= 4 is 28.6 Å². The SMILES string of the molecule is C/C=C\C(C)n1nc(CSc2ccc(OCC(=O)N=O)c(C)c2)c2cccc(F)c21. The molecule has 0 saturated heterocycles. The van der Waals surface area contributed by atoms with E-state index in [1.165, 1.54) is 6.07 Å². The van der Waals surface area contributed by atoms with Crippen molar-refractivity contribution in [3.05, 3.63) is 70.5 Å². The van der Waals surface area contributed by atoms with Crippen LogP contribution in [0, 0.1) is 17.6 Å². The number of aryl methyl sites for hydroxylation is 1. The molecule has 0 fully saturated rings. The molecule has 1 aromatic heterocycles. The first-order valence-electron chi connectivity index (χ1n) is 9.45. The van der Waals surface area contributed by atoms with Crippen LogP contribution in [0.25, 0.3) is 10.9 Å². The summed E-state index contributed by atoms with van der Waals surface area (Å²) in [5, 5.41) is 7.80. The number of rotatable bonds is 8. The summed E-state index contributed by atoms with van der Waals surface area (Å²) >= 11 is 1.58. The van der Waals surface area contributed by atoms with Crippen molar-refractivity contribution in [3.8, 4) is 5.75 Å². The summed E-state index contributed by atoms with van der Waals surface area (Å²) in [5.74, 6) is -0.0461. The number of allylic oxidation sites excluding steroid dienone is 2. The Morgan fingerprint density at radius 2 is 2.17 bits per heavy atom. The molecule has 0 bridgehead atoms. The van der Waals surface area contributed by atoms with Crippen LogP contribution in [-0.4, -0.2) is 22.3 Å². The van der Waals surface area contributed by atoms with Crippen molar-refractivity contribution in [2.75, 3.05) is 6.61 Å². The molecule has 0 aliphatic rings. The summed E-state index contributed by atoms with van der Waals surface area (Å²) < 4.78 is 21.6. The van der Waals surface area contributed by atoms with Gasteiger partial charge in [-0.05, 0) is 50.6 Å². The number of fused-ring (bicyclic) bond motifs is 1. The smallest absolute Gasteiger partial charge is 0.323 e. The number of nitroso groups, excluding NO2 is 1. The van der Waals surface area contributed by atoms with Gasteiger partial charge in [0.05, 0.1) is 11.7 Å². The van der Waals surface area contributed by atoms with Crippen LogP contribution in [0.5, 0.6) is 5.75 Å². The summed E-state index contributed by atoms with van der Waals surface area (Å²) in [5.41, 5.74) is 2.15. The second-order valence-electron chi connectivity index (χ2n) is 6.78. The normalized spacial score (nSPS) is 12.4. The van der Waals surface area contributed by atoms with Crippen molar-refractivity contribution in [1.29, 1.82) is 0 Å². The van der Waals surface area contributed by atoms with Crippen LogP contribution in [0.15, 0.2) is 58.6 Å². The van der Waals surface area contributed by atoms with Crippen LogP contribution in [0.4, 0.5) is 4.39 Å². The van der Waals surface area contributed by atoms with Gasteiger partial charge in [0.25, 0.3) is 0 Å². The van der Waals surface area contributed by atoms with E-state index in [9.17, 15) is 14.1 Å². The van der Waals surface area contributed by atoms with Crippen molar-refractivity contribution in [2.24, 2.45) is 5.18 Å². The average Bonchev–Trinajstić information content (AvgIpc) is 3.11. The molecule has 0 spiro atoms. The number of hydrogen-bond acceptors (Lipinski definition) is 5. The van der Waals surface area contributed by atoms with E-state index in [1.807, 2.05) is 51.1 Å². The van der Waals surface area contributed by atoms with Crippen LogP contribution in [0.1, 0.15) is 31.1 Å². The lowest BCUT2D eigenvalue weighted by Gasteiger charge is -2.09. The molecule has 1 unspecified atom stereocenters. The molecule has 156 valence electrons. The van der Waals surface area contributed by atoms with Gasteiger partial charge in [-0.2, -0.15) is 5.10 Å². The predicted octanol–water partition coefficient (Wildman–Crippen LogP) is 5.59. The number of amides is 1. The van der Waals surface area contributed by atoms with E-state index in [2.05, 4.69) is 10.3 Å². The summed E-state index contributed by atoms with van der Waals surface area (Å²) in [6, 6.07) is 10.5. The number of carbonyl (C=O) groups is 1. The maximum absolute atomic E-state index is 14.5. The van der Waals surface area contributed by atoms with Crippen LogP contribution in [0.2, 0.25) is 0 Å². The van der Waals surface area contributed by atoms with Crippen LogP contribution >= 0.6 is 11.8 Å². The fraction of sp³-hybridized carbons (Fsp3) is 0.273. The van der Waals surface area contributed by atoms with Gasteiger partial charge in [0.1, 0.15) is 17.1 Å². The number of hydrogen-bond donors (Lipinski definition) is 0. The predicted molar refractivity (Wildman–Crippen MR) is 116 cm³/mol. The second kappa shape index (κ2) is 9.67. The summed E-state index contributed by atoms with van der Waals surface area (Å²) in [4.78, 5) is 22.1. The molecular formula is C22H22FN3O3S. The molecule has 3 rings (SSSR count). The lowest BCUT2D eigenvalue weighted by Crippen LogP contribution is -2.08. The highest BCUT2D eigenvalue weighted by molar-refractivity contribution is 7.98. The van der Waals surface area contributed by atoms with E-state index in [0.717, 1.165) is 21.5 Å². The van der Waals surface area contributed by atoms with E-state index < -0.39 is 5.91 Å². The minimum Gasteiger partial charge on any atom is -0.483 e. The minimum atomic E-state index is -0.852. The molecule has 2 aromatic carbocycles. The number of nitrogens with zero attached hydrogens (tertiary/aromatic N) is 3. The number of ether oxygens (including phenoxy) is 1. The monoisotopic (exact) mass is 427 g/mol. The lowest BCUT2D eigenvalue weighted by atomic mass is 10.2. The second-order valence-corrected chi connectivity index (χ2v) is 7.83. The maximum atomic E-state index is 14.5. The molecule has 3 aromatic rings. The zero-order valence-electron chi connectivity index (χ0n) is 17.0. The number of thioether (sulfide) groups is 1. The van der Waals surface area contributed by atoms with Gasteiger partial charge in [0.15, 0.2) is 6.61 Å². The molecular weight excluding hydrogens is 405 g/mol. The molecule has 8 heteroatoms. The first-order chi connectivity index (χ1) is 14.4.